The van der Waals surface area contributed by atoms with Gasteiger partial charge in [-0.3, -0.25) is 4.79 Å². The molecule has 0 aliphatic rings. The van der Waals surface area contributed by atoms with Crippen molar-refractivity contribution in [2.45, 2.75) is 31.0 Å². The molecule has 1 heterocycles. The quantitative estimate of drug-likeness (QED) is 0.853. The summed E-state index contributed by atoms with van der Waals surface area (Å²) in [6.07, 6.45) is 0. The van der Waals surface area contributed by atoms with Crippen molar-refractivity contribution in [3.05, 3.63) is 17.0 Å². The van der Waals surface area contributed by atoms with Gasteiger partial charge in [0.15, 0.2) is 0 Å². The number of nitrogens with one attached hydrogen (secondary N) is 1. The lowest BCUT2D eigenvalue weighted by molar-refractivity contribution is -0.140. The van der Waals surface area contributed by atoms with Crippen molar-refractivity contribution < 1.29 is 18.3 Å². The summed E-state index contributed by atoms with van der Waals surface area (Å²) in [4.78, 5) is 10.9. The molecule has 0 aliphatic heterocycles. The first-order valence-corrected chi connectivity index (χ1v) is 7.40. The van der Waals surface area contributed by atoms with Crippen LogP contribution in [0.15, 0.2) is 15.7 Å². The number of rotatable bonds is 5. The van der Waals surface area contributed by atoms with Gasteiger partial charge in [-0.25, -0.2) is 8.42 Å². The summed E-state index contributed by atoms with van der Waals surface area (Å²) in [6.45, 7) is 5.09. The molecule has 0 fully saturated rings. The molecule has 0 aromatic carbocycles. The Balaban J connectivity index is 2.97. The zero-order valence-corrected chi connectivity index (χ0v) is 11.4. The highest BCUT2D eigenvalue weighted by Gasteiger charge is 2.28. The van der Waals surface area contributed by atoms with E-state index in [2.05, 4.69) is 4.72 Å². The van der Waals surface area contributed by atoms with Gasteiger partial charge in [-0.05, 0) is 29.9 Å². The van der Waals surface area contributed by atoms with E-state index in [-0.39, 0.29) is 10.1 Å². The summed E-state index contributed by atoms with van der Waals surface area (Å²) in [5, 5.41) is 10.6. The lowest BCUT2D eigenvalue weighted by atomic mass is 10.1. The molecule has 1 rings (SSSR count). The summed E-state index contributed by atoms with van der Waals surface area (Å²) >= 11 is 1.08. The molecule has 0 bridgehead atoms. The number of carboxylic acids is 1. The van der Waals surface area contributed by atoms with E-state index in [1.807, 2.05) is 0 Å². The van der Waals surface area contributed by atoms with Gasteiger partial charge >= 0.3 is 5.97 Å². The number of aryl methyl sites for hydroxylation is 1. The topological polar surface area (TPSA) is 83.5 Å². The van der Waals surface area contributed by atoms with Crippen molar-refractivity contribution in [1.29, 1.82) is 0 Å². The molecular weight excluding hydrogens is 262 g/mol. The lowest BCUT2D eigenvalue weighted by Gasteiger charge is -2.17. The molecule has 17 heavy (non-hydrogen) atoms. The van der Waals surface area contributed by atoms with Gasteiger partial charge in [0.1, 0.15) is 10.3 Å². The highest BCUT2D eigenvalue weighted by atomic mass is 32.2. The second-order valence-electron chi connectivity index (χ2n) is 4.12. The van der Waals surface area contributed by atoms with Crippen LogP contribution in [-0.2, 0) is 14.8 Å². The van der Waals surface area contributed by atoms with Gasteiger partial charge in [-0.15, -0.1) is 11.3 Å². The Morgan fingerprint density at radius 3 is 2.41 bits per heavy atom. The number of aliphatic carboxylic acids is 1. The van der Waals surface area contributed by atoms with E-state index < -0.39 is 22.0 Å². The summed E-state index contributed by atoms with van der Waals surface area (Å²) in [7, 11) is -3.74. The third-order valence-corrected chi connectivity index (χ3v) is 5.18. The number of carboxylic acid groups (broad SMARTS) is 1. The molecular formula is C10H15NO4S2. The van der Waals surface area contributed by atoms with Gasteiger partial charge in [-0.2, -0.15) is 4.72 Å². The zero-order chi connectivity index (χ0) is 13.2. The average Bonchev–Trinajstić information content (AvgIpc) is 2.61. The van der Waals surface area contributed by atoms with E-state index in [9.17, 15) is 13.2 Å². The van der Waals surface area contributed by atoms with Crippen molar-refractivity contribution >= 4 is 27.3 Å². The molecule has 0 spiro atoms. The Bertz CT molecular complexity index is 504. The molecule has 0 saturated carbocycles. The molecule has 1 aromatic heterocycles. The number of hydrogen-bond acceptors (Lipinski definition) is 4. The van der Waals surface area contributed by atoms with Gasteiger partial charge < -0.3 is 5.11 Å². The summed E-state index contributed by atoms with van der Waals surface area (Å²) in [5.74, 6) is -1.49. The molecule has 7 heteroatoms. The Labute approximate surface area is 105 Å². The maximum atomic E-state index is 11.9. The normalized spacial score (nSPS) is 13.9. The van der Waals surface area contributed by atoms with Crippen LogP contribution in [0.1, 0.15) is 19.4 Å². The third-order valence-electron chi connectivity index (χ3n) is 2.19. The van der Waals surface area contributed by atoms with Crippen LogP contribution >= 0.6 is 11.3 Å². The Kier molecular flexibility index (Phi) is 4.29. The van der Waals surface area contributed by atoms with Crippen LogP contribution < -0.4 is 4.72 Å². The standard InChI is InChI=1S/C10H15NO4S2/c1-6(2)9(10(12)13)11-17(14,15)8-4-7(3)5-16-8/h4-6,9,11H,1-3H3,(H,12,13)/t9-/m1/s1. The lowest BCUT2D eigenvalue weighted by Crippen LogP contribution is -2.43. The van der Waals surface area contributed by atoms with Gasteiger partial charge in [0, 0.05) is 0 Å². The first-order valence-electron chi connectivity index (χ1n) is 5.04. The first-order chi connectivity index (χ1) is 7.74. The smallest absolute Gasteiger partial charge is 0.322 e. The van der Waals surface area contributed by atoms with E-state index in [1.165, 1.54) is 6.07 Å². The second-order valence-corrected chi connectivity index (χ2v) is 6.98. The molecule has 0 unspecified atom stereocenters. The van der Waals surface area contributed by atoms with E-state index >= 15 is 0 Å². The predicted octanol–water partition coefficient (Wildman–Crippen LogP) is 1.44. The molecule has 0 amide bonds. The van der Waals surface area contributed by atoms with Crippen LogP contribution in [0.3, 0.4) is 0 Å². The van der Waals surface area contributed by atoms with E-state index in [4.69, 9.17) is 5.11 Å². The fourth-order valence-electron chi connectivity index (χ4n) is 1.24. The molecule has 5 nitrogen and oxygen atoms in total. The van der Waals surface area contributed by atoms with Crippen molar-refractivity contribution in [3.8, 4) is 0 Å². The van der Waals surface area contributed by atoms with Crippen LogP contribution in [0.25, 0.3) is 0 Å². The molecule has 1 atom stereocenters. The van der Waals surface area contributed by atoms with E-state index in [0.29, 0.717) is 0 Å². The minimum absolute atomic E-state index is 0.141. The van der Waals surface area contributed by atoms with E-state index in [1.54, 1.807) is 26.2 Å². The largest absolute Gasteiger partial charge is 0.480 e. The predicted molar refractivity (Wildman–Crippen MR) is 65.6 cm³/mol. The van der Waals surface area contributed by atoms with Gasteiger partial charge in [0.25, 0.3) is 10.0 Å². The van der Waals surface area contributed by atoms with E-state index in [0.717, 1.165) is 16.9 Å². The fraction of sp³-hybridized carbons (Fsp3) is 0.500. The number of carbonyl (C=O) groups is 1. The van der Waals surface area contributed by atoms with Crippen LogP contribution in [0.5, 0.6) is 0 Å². The highest BCUT2D eigenvalue weighted by molar-refractivity contribution is 7.91. The summed E-state index contributed by atoms with van der Waals surface area (Å²) < 4.78 is 26.1. The number of hydrogen-bond donors (Lipinski definition) is 2. The van der Waals surface area contributed by atoms with Crippen molar-refractivity contribution in [1.82, 2.24) is 4.72 Å². The minimum Gasteiger partial charge on any atom is -0.480 e. The number of sulfonamides is 1. The highest BCUT2D eigenvalue weighted by Crippen LogP contribution is 2.20. The third kappa shape index (κ3) is 3.52. The SMILES string of the molecule is Cc1csc(S(=O)(=O)N[C@@H](C(=O)O)C(C)C)c1. The summed E-state index contributed by atoms with van der Waals surface area (Å²) in [5.41, 5.74) is 0.840. The van der Waals surface area contributed by atoms with Gasteiger partial charge in [0.2, 0.25) is 0 Å². The average molecular weight is 277 g/mol. The minimum atomic E-state index is -3.74. The van der Waals surface area contributed by atoms with Crippen LogP contribution in [0.4, 0.5) is 0 Å². The monoisotopic (exact) mass is 277 g/mol. The molecule has 0 aliphatic carbocycles. The molecule has 0 radical (unpaired) electrons. The molecule has 1 aromatic rings. The Hall–Kier alpha value is -0.920. The van der Waals surface area contributed by atoms with Gasteiger partial charge in [0.05, 0.1) is 0 Å². The maximum absolute atomic E-state index is 11.9. The molecule has 0 saturated heterocycles. The van der Waals surface area contributed by atoms with Crippen LogP contribution in [0, 0.1) is 12.8 Å². The van der Waals surface area contributed by atoms with Gasteiger partial charge in [-0.1, -0.05) is 13.8 Å². The Morgan fingerprint density at radius 1 is 1.47 bits per heavy atom. The molecule has 2 N–H and O–H groups in total. The van der Waals surface area contributed by atoms with Crippen LogP contribution in [0.2, 0.25) is 0 Å². The number of thiophene rings is 1. The Morgan fingerprint density at radius 2 is 2.06 bits per heavy atom. The molecule has 96 valence electrons. The van der Waals surface area contributed by atoms with Crippen LogP contribution in [-0.4, -0.2) is 25.5 Å². The van der Waals surface area contributed by atoms with Crippen molar-refractivity contribution in [3.63, 3.8) is 0 Å². The summed E-state index contributed by atoms with van der Waals surface area (Å²) in [6, 6.07) is 0.411. The zero-order valence-electron chi connectivity index (χ0n) is 9.80. The first kappa shape index (κ1) is 14.1. The second kappa shape index (κ2) is 5.16. The van der Waals surface area contributed by atoms with Crippen molar-refractivity contribution in [2.75, 3.05) is 0 Å². The fourth-order valence-corrected chi connectivity index (χ4v) is 3.83. The maximum Gasteiger partial charge on any atom is 0.322 e. The van der Waals surface area contributed by atoms with Crippen molar-refractivity contribution in [2.24, 2.45) is 5.92 Å².